The Bertz CT molecular complexity index is 774. The highest BCUT2D eigenvalue weighted by atomic mass is 19.3. The Morgan fingerprint density at radius 3 is 2.64 bits per heavy atom. The van der Waals surface area contributed by atoms with Gasteiger partial charge >= 0.3 is 0 Å². The second kappa shape index (κ2) is 5.31. The van der Waals surface area contributed by atoms with Crippen molar-refractivity contribution in [3.8, 4) is 0 Å². The van der Waals surface area contributed by atoms with Crippen LogP contribution in [0.3, 0.4) is 0 Å². The number of hydrogen-bond acceptors (Lipinski definition) is 1. The Morgan fingerprint density at radius 2 is 2.00 bits per heavy atom. The van der Waals surface area contributed by atoms with Crippen LogP contribution in [0.2, 0.25) is 0 Å². The molecule has 114 valence electrons. The maximum absolute atomic E-state index is 13.5. The Hall–Kier alpha value is -2.03. The van der Waals surface area contributed by atoms with Gasteiger partial charge in [-0.3, -0.25) is 0 Å². The molecule has 22 heavy (non-hydrogen) atoms. The van der Waals surface area contributed by atoms with E-state index in [4.69, 9.17) is 0 Å². The molecule has 0 N–H and O–H groups in total. The molecule has 3 heteroatoms. The minimum absolute atomic E-state index is 0.0294. The van der Waals surface area contributed by atoms with Gasteiger partial charge in [0.2, 0.25) is 0 Å². The molecule has 2 atom stereocenters. The SMILES string of the molecule is CCC1c2ccc3ccccc3c2CC(=C(F)F)C1(C)C=O. The molecule has 0 fully saturated rings. The summed E-state index contributed by atoms with van der Waals surface area (Å²) in [4.78, 5) is 11.7. The maximum Gasteiger partial charge on any atom is 0.270 e. The van der Waals surface area contributed by atoms with Gasteiger partial charge in [0, 0.05) is 12.0 Å². The standard InChI is InChI=1S/C19H18F2O/c1-3-16-14-9-8-12-6-4-5-7-13(12)15(14)10-17(18(20)21)19(16,2)11-22/h4-9,11,16H,3,10H2,1-2H3. The number of hydrogen-bond donors (Lipinski definition) is 0. The molecule has 0 saturated carbocycles. The first-order chi connectivity index (χ1) is 10.5. The zero-order valence-corrected chi connectivity index (χ0v) is 12.7. The number of aldehydes is 1. The quantitative estimate of drug-likeness (QED) is 0.693. The normalized spacial score (nSPS) is 24.2. The summed E-state index contributed by atoms with van der Waals surface area (Å²) < 4.78 is 27.1. The van der Waals surface area contributed by atoms with Gasteiger partial charge in [-0.2, -0.15) is 8.78 Å². The monoisotopic (exact) mass is 300 g/mol. The van der Waals surface area contributed by atoms with Gasteiger partial charge in [-0.05, 0) is 41.2 Å². The third kappa shape index (κ3) is 1.99. The molecular weight excluding hydrogens is 282 g/mol. The topological polar surface area (TPSA) is 17.1 Å². The van der Waals surface area contributed by atoms with E-state index in [1.807, 2.05) is 43.3 Å². The largest absolute Gasteiger partial charge is 0.302 e. The summed E-state index contributed by atoms with van der Waals surface area (Å²) in [5.41, 5.74) is 0.814. The molecule has 1 nitrogen and oxygen atoms in total. The molecular formula is C19H18F2O. The van der Waals surface area contributed by atoms with Crippen molar-refractivity contribution >= 4 is 17.1 Å². The Kier molecular flexibility index (Phi) is 3.59. The van der Waals surface area contributed by atoms with Gasteiger partial charge in [0.15, 0.2) is 0 Å². The van der Waals surface area contributed by atoms with Crippen LogP contribution in [0.1, 0.15) is 37.3 Å². The molecule has 0 bridgehead atoms. The highest BCUT2D eigenvalue weighted by Gasteiger charge is 2.44. The van der Waals surface area contributed by atoms with E-state index in [-0.39, 0.29) is 17.9 Å². The van der Waals surface area contributed by atoms with E-state index in [9.17, 15) is 13.6 Å². The van der Waals surface area contributed by atoms with E-state index in [0.717, 1.165) is 21.9 Å². The number of benzene rings is 2. The molecule has 0 saturated heterocycles. The minimum atomic E-state index is -1.72. The van der Waals surface area contributed by atoms with Crippen molar-refractivity contribution in [3.63, 3.8) is 0 Å². The molecule has 0 radical (unpaired) electrons. The fraction of sp³-hybridized carbons (Fsp3) is 0.316. The first-order valence-electron chi connectivity index (χ1n) is 7.54. The number of allylic oxidation sites excluding steroid dienone is 1. The second-order valence-corrected chi connectivity index (χ2v) is 6.13. The van der Waals surface area contributed by atoms with Gasteiger partial charge in [0.05, 0.1) is 5.41 Å². The summed E-state index contributed by atoms with van der Waals surface area (Å²) >= 11 is 0. The fourth-order valence-electron chi connectivity index (χ4n) is 3.84. The number of carbonyl (C=O) groups is 1. The van der Waals surface area contributed by atoms with Crippen molar-refractivity contribution in [1.82, 2.24) is 0 Å². The van der Waals surface area contributed by atoms with E-state index < -0.39 is 11.5 Å². The first kappa shape index (κ1) is 14.9. The van der Waals surface area contributed by atoms with Gasteiger partial charge in [0.1, 0.15) is 6.29 Å². The van der Waals surface area contributed by atoms with Crippen molar-refractivity contribution < 1.29 is 13.6 Å². The van der Waals surface area contributed by atoms with Crippen molar-refractivity contribution in [1.29, 1.82) is 0 Å². The molecule has 0 amide bonds. The van der Waals surface area contributed by atoms with Crippen LogP contribution in [0.15, 0.2) is 48.1 Å². The van der Waals surface area contributed by atoms with Crippen LogP contribution >= 0.6 is 0 Å². The van der Waals surface area contributed by atoms with Crippen molar-refractivity contribution in [3.05, 3.63) is 59.2 Å². The fourth-order valence-corrected chi connectivity index (χ4v) is 3.84. The van der Waals surface area contributed by atoms with Gasteiger partial charge in [0.25, 0.3) is 6.08 Å². The molecule has 0 aromatic heterocycles. The highest BCUT2D eigenvalue weighted by Crippen LogP contribution is 2.51. The lowest BCUT2D eigenvalue weighted by atomic mass is 9.62. The summed E-state index contributed by atoms with van der Waals surface area (Å²) in [5.74, 6) is -0.213. The third-order valence-electron chi connectivity index (χ3n) is 5.06. The highest BCUT2D eigenvalue weighted by molar-refractivity contribution is 5.88. The van der Waals surface area contributed by atoms with Crippen molar-refractivity contribution in [2.45, 2.75) is 32.6 Å². The summed E-state index contributed by atoms with van der Waals surface area (Å²) in [6.07, 6.45) is -0.220. The van der Waals surface area contributed by atoms with Crippen LogP contribution in [0.4, 0.5) is 8.78 Å². The first-order valence-corrected chi connectivity index (χ1v) is 7.54. The van der Waals surface area contributed by atoms with Gasteiger partial charge in [-0.25, -0.2) is 0 Å². The van der Waals surface area contributed by atoms with Gasteiger partial charge < -0.3 is 4.79 Å². The summed E-state index contributed by atoms with van der Waals surface area (Å²) in [6.45, 7) is 3.59. The van der Waals surface area contributed by atoms with E-state index in [1.165, 1.54) is 0 Å². The van der Waals surface area contributed by atoms with Crippen LogP contribution in [0.25, 0.3) is 10.8 Å². The Morgan fingerprint density at radius 1 is 1.27 bits per heavy atom. The lowest BCUT2D eigenvalue weighted by Gasteiger charge is -2.40. The van der Waals surface area contributed by atoms with Crippen LogP contribution in [0.5, 0.6) is 0 Å². The number of rotatable bonds is 2. The smallest absolute Gasteiger partial charge is 0.270 e. The Labute approximate surface area is 128 Å². The maximum atomic E-state index is 13.5. The number of carbonyl (C=O) groups excluding carboxylic acids is 1. The lowest BCUT2D eigenvalue weighted by molar-refractivity contribution is -0.115. The molecule has 2 unspecified atom stereocenters. The molecule has 2 aromatic carbocycles. The predicted molar refractivity (Wildman–Crippen MR) is 84.1 cm³/mol. The van der Waals surface area contributed by atoms with Crippen molar-refractivity contribution in [2.24, 2.45) is 5.41 Å². The van der Waals surface area contributed by atoms with Crippen molar-refractivity contribution in [2.75, 3.05) is 0 Å². The van der Waals surface area contributed by atoms with Gasteiger partial charge in [-0.1, -0.05) is 43.3 Å². The molecule has 0 aliphatic heterocycles. The van der Waals surface area contributed by atoms with Gasteiger partial charge in [-0.15, -0.1) is 0 Å². The van der Waals surface area contributed by atoms with Crippen LogP contribution in [0, 0.1) is 5.41 Å². The second-order valence-electron chi connectivity index (χ2n) is 6.13. The molecule has 3 rings (SSSR count). The van der Waals surface area contributed by atoms with E-state index in [1.54, 1.807) is 6.92 Å². The van der Waals surface area contributed by atoms with Crippen LogP contribution < -0.4 is 0 Å². The molecule has 0 spiro atoms. The van der Waals surface area contributed by atoms with E-state index in [2.05, 4.69) is 0 Å². The van der Waals surface area contributed by atoms with E-state index in [0.29, 0.717) is 12.7 Å². The van der Waals surface area contributed by atoms with Crippen LogP contribution in [-0.2, 0) is 11.2 Å². The molecule has 1 aliphatic carbocycles. The number of halogens is 2. The zero-order chi connectivity index (χ0) is 15.9. The third-order valence-corrected chi connectivity index (χ3v) is 5.06. The zero-order valence-electron chi connectivity index (χ0n) is 12.7. The molecule has 2 aromatic rings. The summed E-state index contributed by atoms with van der Waals surface area (Å²) in [6, 6.07) is 11.8. The predicted octanol–water partition coefficient (Wildman–Crippen LogP) is 5.25. The molecule has 1 aliphatic rings. The lowest BCUT2D eigenvalue weighted by Crippen LogP contribution is -2.35. The summed E-state index contributed by atoms with van der Waals surface area (Å²) in [5, 5.41) is 2.05. The average molecular weight is 300 g/mol. The average Bonchev–Trinajstić information content (AvgIpc) is 2.53. The van der Waals surface area contributed by atoms with Crippen LogP contribution in [-0.4, -0.2) is 6.29 Å². The molecule has 0 heterocycles. The summed E-state index contributed by atoms with van der Waals surface area (Å²) in [7, 11) is 0. The van der Waals surface area contributed by atoms with E-state index >= 15 is 0 Å². The minimum Gasteiger partial charge on any atom is -0.302 e. The number of fused-ring (bicyclic) bond motifs is 3. The Balaban J connectivity index is 2.35.